The van der Waals surface area contributed by atoms with Crippen LogP contribution in [0.1, 0.15) is 22.0 Å². The Hall–Kier alpha value is -2.64. The van der Waals surface area contributed by atoms with Gasteiger partial charge in [-0.25, -0.2) is 4.39 Å². The third kappa shape index (κ3) is 4.04. The van der Waals surface area contributed by atoms with Gasteiger partial charge in [0.15, 0.2) is 11.5 Å². The lowest BCUT2D eigenvalue weighted by Crippen LogP contribution is -2.43. The Labute approximate surface area is 156 Å². The van der Waals surface area contributed by atoms with Gasteiger partial charge < -0.3 is 19.5 Å². The summed E-state index contributed by atoms with van der Waals surface area (Å²) in [6, 6.07) is 11.5. The zero-order valence-electron chi connectivity index (χ0n) is 14.8. The molecule has 1 atom stereocenters. The van der Waals surface area contributed by atoms with Crippen molar-refractivity contribution >= 4 is 5.91 Å². The summed E-state index contributed by atoms with van der Waals surface area (Å²) in [6.45, 7) is 3.47. The highest BCUT2D eigenvalue weighted by molar-refractivity contribution is 5.94. The van der Waals surface area contributed by atoms with Gasteiger partial charge >= 0.3 is 0 Å². The standard InChI is InChI=1S/C20H21FN2O4/c21-16-3-1-2-15(10-16)20(24)22-12-17(23-6-8-25-9-7-23)14-4-5-18-19(11-14)27-13-26-18/h1-5,10-11,17H,6-9,12-13H2,(H,22,24). The third-order valence-corrected chi connectivity index (χ3v) is 4.81. The first-order valence-corrected chi connectivity index (χ1v) is 8.96. The van der Waals surface area contributed by atoms with Crippen molar-refractivity contribution in [2.45, 2.75) is 6.04 Å². The number of nitrogens with one attached hydrogen (secondary N) is 1. The zero-order valence-corrected chi connectivity index (χ0v) is 14.8. The predicted molar refractivity (Wildman–Crippen MR) is 96.4 cm³/mol. The average Bonchev–Trinajstić information content (AvgIpc) is 3.17. The van der Waals surface area contributed by atoms with Crippen LogP contribution in [-0.4, -0.2) is 50.4 Å². The number of fused-ring (bicyclic) bond motifs is 1. The number of benzene rings is 2. The van der Waals surface area contributed by atoms with Gasteiger partial charge in [-0.2, -0.15) is 0 Å². The van der Waals surface area contributed by atoms with Crippen LogP contribution in [0.5, 0.6) is 11.5 Å². The number of morpholine rings is 1. The molecule has 0 aliphatic carbocycles. The molecule has 7 heteroatoms. The molecule has 1 unspecified atom stereocenters. The molecule has 0 radical (unpaired) electrons. The first kappa shape index (κ1) is 17.8. The maximum absolute atomic E-state index is 13.4. The Bertz CT molecular complexity index is 823. The lowest BCUT2D eigenvalue weighted by molar-refractivity contribution is 0.0162. The maximum Gasteiger partial charge on any atom is 0.251 e. The average molecular weight is 372 g/mol. The van der Waals surface area contributed by atoms with Gasteiger partial charge in [0.1, 0.15) is 5.82 Å². The van der Waals surface area contributed by atoms with E-state index in [0.29, 0.717) is 31.1 Å². The SMILES string of the molecule is O=C(NCC(c1ccc2c(c1)OCO2)N1CCOCC1)c1cccc(F)c1. The van der Waals surface area contributed by atoms with Gasteiger partial charge in [-0.1, -0.05) is 12.1 Å². The second-order valence-corrected chi connectivity index (χ2v) is 6.50. The van der Waals surface area contributed by atoms with E-state index in [0.717, 1.165) is 24.4 Å². The van der Waals surface area contributed by atoms with Crippen LogP contribution in [0, 0.1) is 5.82 Å². The molecule has 0 aromatic heterocycles. The Morgan fingerprint density at radius 2 is 1.93 bits per heavy atom. The first-order chi connectivity index (χ1) is 13.2. The molecule has 27 heavy (non-hydrogen) atoms. The lowest BCUT2D eigenvalue weighted by atomic mass is 10.0. The van der Waals surface area contributed by atoms with Gasteiger partial charge in [-0.3, -0.25) is 9.69 Å². The quantitative estimate of drug-likeness (QED) is 0.873. The second-order valence-electron chi connectivity index (χ2n) is 6.50. The van der Waals surface area contributed by atoms with Gasteiger partial charge in [0.2, 0.25) is 6.79 Å². The molecule has 1 amide bonds. The van der Waals surface area contributed by atoms with E-state index in [2.05, 4.69) is 10.2 Å². The molecular formula is C20H21FN2O4. The molecule has 1 fully saturated rings. The van der Waals surface area contributed by atoms with Crippen LogP contribution in [0.3, 0.4) is 0 Å². The molecule has 6 nitrogen and oxygen atoms in total. The number of halogens is 1. The van der Waals surface area contributed by atoms with Crippen LogP contribution in [0.4, 0.5) is 4.39 Å². The smallest absolute Gasteiger partial charge is 0.251 e. The molecule has 0 saturated carbocycles. The molecule has 2 aromatic carbocycles. The van der Waals surface area contributed by atoms with Crippen molar-refractivity contribution in [2.75, 3.05) is 39.6 Å². The Kier molecular flexibility index (Phi) is 5.22. The Morgan fingerprint density at radius 3 is 2.74 bits per heavy atom. The number of ether oxygens (including phenoxy) is 3. The van der Waals surface area contributed by atoms with E-state index in [4.69, 9.17) is 14.2 Å². The fourth-order valence-corrected chi connectivity index (χ4v) is 3.39. The van der Waals surface area contributed by atoms with E-state index in [1.807, 2.05) is 18.2 Å². The van der Waals surface area contributed by atoms with Gasteiger partial charge in [0.25, 0.3) is 5.91 Å². The summed E-state index contributed by atoms with van der Waals surface area (Å²) in [5.74, 6) is 0.710. The summed E-state index contributed by atoms with van der Waals surface area (Å²) in [5, 5.41) is 2.93. The summed E-state index contributed by atoms with van der Waals surface area (Å²) in [4.78, 5) is 14.7. The number of hydrogen-bond donors (Lipinski definition) is 1. The molecule has 2 aromatic rings. The van der Waals surface area contributed by atoms with Crippen molar-refractivity contribution in [1.82, 2.24) is 10.2 Å². The maximum atomic E-state index is 13.4. The zero-order chi connectivity index (χ0) is 18.6. The molecule has 0 bridgehead atoms. The largest absolute Gasteiger partial charge is 0.454 e. The minimum atomic E-state index is -0.428. The van der Waals surface area contributed by atoms with Crippen molar-refractivity contribution in [2.24, 2.45) is 0 Å². The number of carbonyl (C=O) groups is 1. The van der Waals surface area contributed by atoms with Crippen LogP contribution in [0.15, 0.2) is 42.5 Å². The first-order valence-electron chi connectivity index (χ1n) is 8.96. The molecular weight excluding hydrogens is 351 g/mol. The highest BCUT2D eigenvalue weighted by atomic mass is 19.1. The van der Waals surface area contributed by atoms with Gasteiger partial charge in [-0.05, 0) is 35.9 Å². The van der Waals surface area contributed by atoms with Crippen molar-refractivity contribution in [3.8, 4) is 11.5 Å². The summed E-state index contributed by atoms with van der Waals surface area (Å²) < 4.78 is 29.7. The fourth-order valence-electron chi connectivity index (χ4n) is 3.39. The minimum absolute atomic E-state index is 0.0408. The number of rotatable bonds is 5. The monoisotopic (exact) mass is 372 g/mol. The van der Waals surface area contributed by atoms with Crippen LogP contribution >= 0.6 is 0 Å². The van der Waals surface area contributed by atoms with Gasteiger partial charge in [-0.15, -0.1) is 0 Å². The van der Waals surface area contributed by atoms with Crippen molar-refractivity contribution in [3.05, 3.63) is 59.4 Å². The molecule has 2 heterocycles. The second kappa shape index (κ2) is 7.94. The van der Waals surface area contributed by atoms with Crippen LogP contribution in [0.2, 0.25) is 0 Å². The Morgan fingerprint density at radius 1 is 1.11 bits per heavy atom. The van der Waals surface area contributed by atoms with E-state index in [1.165, 1.54) is 18.2 Å². The molecule has 0 spiro atoms. The highest BCUT2D eigenvalue weighted by Gasteiger charge is 2.25. The van der Waals surface area contributed by atoms with E-state index in [9.17, 15) is 9.18 Å². The lowest BCUT2D eigenvalue weighted by Gasteiger charge is -2.35. The number of amides is 1. The molecule has 2 aliphatic rings. The number of carbonyl (C=O) groups excluding carboxylic acids is 1. The third-order valence-electron chi connectivity index (χ3n) is 4.81. The van der Waals surface area contributed by atoms with E-state index in [-0.39, 0.29) is 18.7 Å². The van der Waals surface area contributed by atoms with E-state index >= 15 is 0 Å². The van der Waals surface area contributed by atoms with Crippen LogP contribution in [-0.2, 0) is 4.74 Å². The minimum Gasteiger partial charge on any atom is -0.454 e. The molecule has 142 valence electrons. The van der Waals surface area contributed by atoms with Gasteiger partial charge in [0.05, 0.1) is 19.3 Å². The van der Waals surface area contributed by atoms with Gasteiger partial charge in [0, 0.05) is 25.2 Å². The summed E-state index contributed by atoms with van der Waals surface area (Å²) in [5.41, 5.74) is 1.34. The number of hydrogen-bond acceptors (Lipinski definition) is 5. The molecule has 1 saturated heterocycles. The van der Waals surface area contributed by atoms with Crippen molar-refractivity contribution in [3.63, 3.8) is 0 Å². The van der Waals surface area contributed by atoms with E-state index in [1.54, 1.807) is 6.07 Å². The van der Waals surface area contributed by atoms with E-state index < -0.39 is 5.82 Å². The molecule has 2 aliphatic heterocycles. The molecule has 4 rings (SSSR count). The Balaban J connectivity index is 1.52. The molecule has 1 N–H and O–H groups in total. The topological polar surface area (TPSA) is 60.0 Å². The van der Waals surface area contributed by atoms with Crippen LogP contribution in [0.25, 0.3) is 0 Å². The fraction of sp³-hybridized carbons (Fsp3) is 0.350. The predicted octanol–water partition coefficient (Wildman–Crippen LogP) is 2.36. The summed E-state index contributed by atoms with van der Waals surface area (Å²) in [7, 11) is 0. The number of nitrogens with zero attached hydrogens (tertiary/aromatic N) is 1. The van der Waals surface area contributed by atoms with Crippen molar-refractivity contribution < 1.29 is 23.4 Å². The van der Waals surface area contributed by atoms with Crippen molar-refractivity contribution in [1.29, 1.82) is 0 Å². The highest BCUT2D eigenvalue weighted by Crippen LogP contribution is 2.35. The normalized spacial score (nSPS) is 17.5. The van der Waals surface area contributed by atoms with Crippen LogP contribution < -0.4 is 14.8 Å². The summed E-state index contributed by atoms with van der Waals surface area (Å²) >= 11 is 0. The summed E-state index contributed by atoms with van der Waals surface area (Å²) in [6.07, 6.45) is 0.